The fraction of sp³-hybridized carbons (Fsp3) is 0.172. The summed E-state index contributed by atoms with van der Waals surface area (Å²) in [5.74, 6) is 0.611. The van der Waals surface area contributed by atoms with Crippen LogP contribution < -0.4 is 10.1 Å². The van der Waals surface area contributed by atoms with Gasteiger partial charge in [-0.2, -0.15) is 5.10 Å². The van der Waals surface area contributed by atoms with Crippen LogP contribution in [0.5, 0.6) is 5.75 Å². The number of rotatable bonds is 6. The van der Waals surface area contributed by atoms with Crippen LogP contribution in [-0.4, -0.2) is 48.1 Å². The number of H-pyrrole nitrogens is 2. The molecule has 5 heterocycles. The highest BCUT2D eigenvalue weighted by molar-refractivity contribution is 5.97. The molecule has 198 valence electrons. The molecule has 0 radical (unpaired) electrons. The van der Waals surface area contributed by atoms with E-state index in [0.717, 1.165) is 35.7 Å². The highest BCUT2D eigenvalue weighted by Crippen LogP contribution is 2.34. The number of carbonyl (C=O) groups excluding carboxylic acids is 1. The lowest BCUT2D eigenvalue weighted by molar-refractivity contribution is -0.122. The van der Waals surface area contributed by atoms with Crippen LogP contribution in [0.25, 0.3) is 56.0 Å². The van der Waals surface area contributed by atoms with Crippen LogP contribution in [0.4, 0.5) is 10.1 Å². The minimum atomic E-state index is -0.408. The molecule has 10 nitrogen and oxygen atoms in total. The van der Waals surface area contributed by atoms with E-state index in [2.05, 4.69) is 35.5 Å². The van der Waals surface area contributed by atoms with Gasteiger partial charge in [-0.3, -0.25) is 19.9 Å². The van der Waals surface area contributed by atoms with E-state index < -0.39 is 5.82 Å². The van der Waals surface area contributed by atoms with Crippen LogP contribution >= 0.6 is 0 Å². The lowest BCUT2D eigenvalue weighted by Crippen LogP contribution is -2.28. The van der Waals surface area contributed by atoms with Gasteiger partial charge in [0.1, 0.15) is 22.8 Å². The number of nitrogens with zero attached hydrogens (tertiary/aromatic N) is 5. The molecular weight excluding hydrogens is 511 g/mol. The quantitative estimate of drug-likeness (QED) is 0.256. The number of amides is 1. The summed E-state index contributed by atoms with van der Waals surface area (Å²) in [5, 5.41) is 11.3. The molecule has 1 saturated carbocycles. The number of anilines is 1. The molecule has 0 bridgehead atoms. The Morgan fingerprint density at radius 3 is 2.80 bits per heavy atom. The molecule has 5 aromatic heterocycles. The van der Waals surface area contributed by atoms with Gasteiger partial charge in [-0.25, -0.2) is 14.4 Å². The van der Waals surface area contributed by atoms with Crippen molar-refractivity contribution in [2.24, 2.45) is 5.92 Å². The molecule has 1 amide bonds. The molecule has 0 saturated heterocycles. The van der Waals surface area contributed by atoms with Crippen LogP contribution in [0.15, 0.2) is 61.2 Å². The molecule has 0 spiro atoms. The lowest BCUT2D eigenvalue weighted by atomic mass is 9.85. The molecule has 1 aliphatic rings. The van der Waals surface area contributed by atoms with Crippen molar-refractivity contribution in [2.45, 2.75) is 19.3 Å². The van der Waals surface area contributed by atoms with Crippen molar-refractivity contribution in [1.29, 1.82) is 0 Å². The third kappa shape index (κ3) is 4.21. The van der Waals surface area contributed by atoms with E-state index in [0.29, 0.717) is 50.9 Å². The number of pyridine rings is 3. The van der Waals surface area contributed by atoms with E-state index in [1.54, 1.807) is 36.9 Å². The summed E-state index contributed by atoms with van der Waals surface area (Å²) in [6.45, 7) is 0. The Morgan fingerprint density at radius 2 is 1.98 bits per heavy atom. The van der Waals surface area contributed by atoms with Crippen LogP contribution in [0.1, 0.15) is 19.3 Å². The second-order valence-corrected chi connectivity index (χ2v) is 9.79. The first-order chi connectivity index (χ1) is 19.6. The van der Waals surface area contributed by atoms with Crippen LogP contribution in [-0.2, 0) is 4.79 Å². The summed E-state index contributed by atoms with van der Waals surface area (Å²) in [6, 6.07) is 10.1. The maximum atomic E-state index is 14.3. The first-order valence-electron chi connectivity index (χ1n) is 12.9. The number of ether oxygens (including phenoxy) is 1. The smallest absolute Gasteiger partial charge is 0.227 e. The Morgan fingerprint density at radius 1 is 1.07 bits per heavy atom. The minimum absolute atomic E-state index is 0.0280. The second-order valence-electron chi connectivity index (χ2n) is 9.79. The van der Waals surface area contributed by atoms with Crippen LogP contribution in [0.3, 0.4) is 0 Å². The molecule has 0 atom stereocenters. The standard InChI is InChI=1S/C29H23FN8O2/c1-40-20-9-16(7-18(30)10-20)21-5-6-32-27-25(21)35-28(36-27)26-22-11-23(33-14-24(22)37-38-26)17-8-19(13-31-12-17)34-29(39)15-3-2-4-15/h5-15H,2-4H2,1H3,(H,34,39)(H,37,38)(H,32,35,36). The Labute approximate surface area is 227 Å². The number of aromatic nitrogens is 7. The molecule has 3 N–H and O–H groups in total. The van der Waals surface area contributed by atoms with E-state index in [1.165, 1.54) is 19.2 Å². The SMILES string of the molecule is COc1cc(F)cc(-c2ccnc3[nH]c(-c4n[nH]c5cnc(-c6cncc(NC(=O)C7CCC7)c6)cc45)nc23)c1. The van der Waals surface area contributed by atoms with Gasteiger partial charge in [-0.15, -0.1) is 0 Å². The lowest BCUT2D eigenvalue weighted by Gasteiger charge is -2.24. The van der Waals surface area contributed by atoms with Crippen molar-refractivity contribution in [3.8, 4) is 39.7 Å². The summed E-state index contributed by atoms with van der Waals surface area (Å²) in [7, 11) is 1.50. The van der Waals surface area contributed by atoms with Crippen LogP contribution in [0.2, 0.25) is 0 Å². The molecule has 40 heavy (non-hydrogen) atoms. The average molecular weight is 535 g/mol. The Bertz CT molecular complexity index is 1910. The summed E-state index contributed by atoms with van der Waals surface area (Å²) < 4.78 is 19.5. The largest absolute Gasteiger partial charge is 0.497 e. The van der Waals surface area contributed by atoms with Gasteiger partial charge in [0.15, 0.2) is 11.5 Å². The number of carbonyl (C=O) groups is 1. The van der Waals surface area contributed by atoms with E-state index in [-0.39, 0.29) is 11.8 Å². The highest BCUT2D eigenvalue weighted by Gasteiger charge is 2.25. The van der Waals surface area contributed by atoms with Crippen molar-refractivity contribution >= 4 is 33.7 Å². The number of hydrogen-bond acceptors (Lipinski definition) is 7. The molecule has 1 aromatic carbocycles. The number of nitrogens with one attached hydrogen (secondary N) is 3. The first kappa shape index (κ1) is 23.9. The fourth-order valence-corrected chi connectivity index (χ4v) is 4.91. The van der Waals surface area contributed by atoms with Gasteiger partial charge in [0.25, 0.3) is 0 Å². The normalized spacial score (nSPS) is 13.4. The molecule has 0 aliphatic heterocycles. The molecule has 1 fully saturated rings. The van der Waals surface area contributed by atoms with Crippen molar-refractivity contribution in [3.05, 3.63) is 67.0 Å². The van der Waals surface area contributed by atoms with Gasteiger partial charge in [0.2, 0.25) is 5.91 Å². The van der Waals surface area contributed by atoms with Gasteiger partial charge >= 0.3 is 0 Å². The van der Waals surface area contributed by atoms with Gasteiger partial charge < -0.3 is 15.0 Å². The van der Waals surface area contributed by atoms with E-state index in [1.807, 2.05) is 12.1 Å². The van der Waals surface area contributed by atoms with Crippen molar-refractivity contribution in [3.63, 3.8) is 0 Å². The summed E-state index contributed by atoms with van der Waals surface area (Å²) in [6.07, 6.45) is 9.63. The maximum absolute atomic E-state index is 14.3. The Kier molecular flexibility index (Phi) is 5.69. The van der Waals surface area contributed by atoms with Gasteiger partial charge in [0.05, 0.1) is 36.4 Å². The van der Waals surface area contributed by atoms with E-state index in [9.17, 15) is 9.18 Å². The molecule has 11 heteroatoms. The van der Waals surface area contributed by atoms with E-state index in [4.69, 9.17) is 9.72 Å². The number of imidazole rings is 1. The Balaban J connectivity index is 1.26. The number of fused-ring (bicyclic) bond motifs is 2. The maximum Gasteiger partial charge on any atom is 0.227 e. The van der Waals surface area contributed by atoms with Crippen molar-refractivity contribution in [2.75, 3.05) is 12.4 Å². The zero-order valence-corrected chi connectivity index (χ0v) is 21.4. The zero-order valence-electron chi connectivity index (χ0n) is 21.4. The van der Waals surface area contributed by atoms with Crippen LogP contribution in [0, 0.1) is 11.7 Å². The number of benzene rings is 1. The number of halogens is 1. The number of hydrogen-bond donors (Lipinski definition) is 3. The van der Waals surface area contributed by atoms with Crippen molar-refractivity contribution < 1.29 is 13.9 Å². The third-order valence-corrected chi connectivity index (χ3v) is 7.25. The average Bonchev–Trinajstić information content (AvgIpc) is 3.55. The zero-order chi connectivity index (χ0) is 27.2. The van der Waals surface area contributed by atoms with Gasteiger partial charge in [-0.1, -0.05) is 6.42 Å². The number of methoxy groups -OCH3 is 1. The first-order valence-corrected chi connectivity index (χ1v) is 12.9. The predicted octanol–water partition coefficient (Wildman–Crippen LogP) is 5.51. The highest BCUT2D eigenvalue weighted by atomic mass is 19.1. The molecule has 7 rings (SSSR count). The van der Waals surface area contributed by atoms with Gasteiger partial charge in [-0.05, 0) is 48.7 Å². The number of aromatic amines is 2. The molecular formula is C29H23FN8O2. The monoisotopic (exact) mass is 534 g/mol. The summed E-state index contributed by atoms with van der Waals surface area (Å²) in [4.78, 5) is 33.8. The second kappa shape index (κ2) is 9.53. The predicted molar refractivity (Wildman–Crippen MR) is 148 cm³/mol. The fourth-order valence-electron chi connectivity index (χ4n) is 4.91. The summed E-state index contributed by atoms with van der Waals surface area (Å²) >= 11 is 0. The van der Waals surface area contributed by atoms with Crippen molar-refractivity contribution in [1.82, 2.24) is 35.1 Å². The third-order valence-electron chi connectivity index (χ3n) is 7.25. The van der Waals surface area contributed by atoms with Gasteiger partial charge in [0, 0.05) is 40.9 Å². The Hall–Kier alpha value is -5.19. The topological polar surface area (TPSA) is 134 Å². The molecule has 6 aromatic rings. The van der Waals surface area contributed by atoms with E-state index >= 15 is 0 Å². The molecule has 0 unspecified atom stereocenters. The summed E-state index contributed by atoms with van der Waals surface area (Å²) in [5.41, 5.74) is 5.82. The molecule has 1 aliphatic carbocycles. The minimum Gasteiger partial charge on any atom is -0.497 e.